The molecule has 1 amide bonds. The molecule has 156 valence electrons. The van der Waals surface area contributed by atoms with Gasteiger partial charge >= 0.3 is 5.69 Å². The molecule has 1 heterocycles. The van der Waals surface area contributed by atoms with Crippen LogP contribution in [0.1, 0.15) is 48.9 Å². The Hall–Kier alpha value is -3.23. The van der Waals surface area contributed by atoms with E-state index in [1.54, 1.807) is 24.3 Å². The first-order valence-electron chi connectivity index (χ1n) is 10.4. The van der Waals surface area contributed by atoms with Crippen LogP contribution < -0.4 is 16.2 Å². The molecule has 4 aliphatic rings. The van der Waals surface area contributed by atoms with Crippen LogP contribution in [0, 0.1) is 27.9 Å². The molecule has 0 radical (unpaired) electrons. The van der Waals surface area contributed by atoms with Gasteiger partial charge in [-0.1, -0.05) is 18.2 Å². The lowest BCUT2D eigenvalue weighted by Crippen LogP contribution is -2.55. The molecular weight excluding hydrogens is 384 g/mol. The minimum Gasteiger partial charge on any atom is -0.359 e. The summed E-state index contributed by atoms with van der Waals surface area (Å²) < 4.78 is 0. The minimum atomic E-state index is -0.500. The summed E-state index contributed by atoms with van der Waals surface area (Å²) in [6, 6.07) is 8.61. The fraction of sp³-hybridized carbons (Fsp3) is 0.476. The van der Waals surface area contributed by atoms with Gasteiger partial charge in [-0.05, 0) is 68.4 Å². The predicted molar refractivity (Wildman–Crippen MR) is 111 cm³/mol. The van der Waals surface area contributed by atoms with E-state index in [2.05, 4.69) is 26.1 Å². The number of nitrogens with zero attached hydrogens (tertiary/aromatic N) is 3. The smallest absolute Gasteiger partial charge is 0.354 e. The predicted octanol–water partition coefficient (Wildman–Crippen LogP) is 3.52. The van der Waals surface area contributed by atoms with Crippen molar-refractivity contribution in [3.8, 4) is 0 Å². The second-order valence-corrected chi connectivity index (χ2v) is 8.94. The van der Waals surface area contributed by atoms with E-state index in [-0.39, 0.29) is 22.9 Å². The summed E-state index contributed by atoms with van der Waals surface area (Å²) in [6.45, 7) is 0. The minimum absolute atomic E-state index is 0.0356. The second kappa shape index (κ2) is 7.23. The zero-order chi connectivity index (χ0) is 20.7. The highest BCUT2D eigenvalue weighted by Gasteiger charge is 2.51. The number of benzene rings is 1. The molecule has 0 unspecified atom stereocenters. The summed E-state index contributed by atoms with van der Waals surface area (Å²) in [7, 11) is 0. The number of carbonyl (C=O) groups excluding carboxylic acids is 1. The third-order valence-corrected chi connectivity index (χ3v) is 6.76. The number of anilines is 2. The summed E-state index contributed by atoms with van der Waals surface area (Å²) >= 11 is 0. The molecule has 0 saturated heterocycles. The molecule has 1 aromatic heterocycles. The van der Waals surface area contributed by atoms with Gasteiger partial charge in [-0.2, -0.15) is 0 Å². The van der Waals surface area contributed by atoms with Crippen LogP contribution >= 0.6 is 0 Å². The highest BCUT2D eigenvalue weighted by atomic mass is 16.6. The summed E-state index contributed by atoms with van der Waals surface area (Å²) in [4.78, 5) is 31.9. The van der Waals surface area contributed by atoms with Crippen molar-refractivity contribution in [2.75, 3.05) is 10.7 Å². The average molecular weight is 408 g/mol. The largest absolute Gasteiger partial charge is 0.359 e. The van der Waals surface area contributed by atoms with Crippen LogP contribution in [-0.4, -0.2) is 26.3 Å². The summed E-state index contributed by atoms with van der Waals surface area (Å²) in [5.74, 6) is 1.88. The Morgan fingerprint density at radius 2 is 1.60 bits per heavy atom. The van der Waals surface area contributed by atoms with Crippen molar-refractivity contribution in [3.63, 3.8) is 0 Å². The maximum Gasteiger partial charge on any atom is 0.354 e. The quantitative estimate of drug-likeness (QED) is 0.494. The number of nitro groups is 1. The topological polar surface area (TPSA) is 122 Å². The summed E-state index contributed by atoms with van der Waals surface area (Å²) in [5.41, 5.74) is 5.16. The van der Waals surface area contributed by atoms with Crippen LogP contribution in [-0.2, 0) is 0 Å². The Balaban J connectivity index is 1.37. The highest BCUT2D eigenvalue weighted by Crippen LogP contribution is 2.56. The number of nitrogens with one attached hydrogen (secondary N) is 3. The van der Waals surface area contributed by atoms with Gasteiger partial charge in [0.2, 0.25) is 11.6 Å². The SMILES string of the molecule is O=C(NNc1ncnc(NC23CC4CC(CC(C4)C2)C3)c1[N+](=O)[O-])c1ccccc1. The number of aromatic nitrogens is 2. The van der Waals surface area contributed by atoms with Gasteiger partial charge in [0.25, 0.3) is 5.91 Å². The van der Waals surface area contributed by atoms with Crippen molar-refractivity contribution >= 4 is 23.2 Å². The fourth-order valence-electron chi connectivity index (χ4n) is 6.03. The Bertz CT molecular complexity index is 945. The molecule has 3 N–H and O–H groups in total. The lowest BCUT2D eigenvalue weighted by molar-refractivity contribution is -0.383. The maximum atomic E-state index is 12.3. The normalized spacial score (nSPS) is 28.7. The number of amides is 1. The lowest BCUT2D eigenvalue weighted by Gasteiger charge is -2.57. The molecule has 0 atom stereocenters. The van der Waals surface area contributed by atoms with E-state index in [9.17, 15) is 14.9 Å². The van der Waals surface area contributed by atoms with Crippen LogP contribution in [0.3, 0.4) is 0 Å². The number of rotatable bonds is 6. The van der Waals surface area contributed by atoms with Crippen LogP contribution in [0.2, 0.25) is 0 Å². The summed E-state index contributed by atoms with van der Waals surface area (Å²) in [6.07, 6.45) is 8.24. The highest BCUT2D eigenvalue weighted by molar-refractivity contribution is 5.95. The van der Waals surface area contributed by atoms with E-state index in [0.717, 1.165) is 19.3 Å². The van der Waals surface area contributed by atoms with Gasteiger partial charge in [0.05, 0.1) is 4.92 Å². The molecule has 0 aliphatic heterocycles. The van der Waals surface area contributed by atoms with Crippen LogP contribution in [0.5, 0.6) is 0 Å². The molecule has 9 heteroatoms. The number of hydrogen-bond acceptors (Lipinski definition) is 7. The van der Waals surface area contributed by atoms with Crippen molar-refractivity contribution in [3.05, 3.63) is 52.3 Å². The fourth-order valence-corrected chi connectivity index (χ4v) is 6.03. The number of hydrazine groups is 1. The molecule has 0 spiro atoms. The second-order valence-electron chi connectivity index (χ2n) is 8.94. The molecule has 4 saturated carbocycles. The van der Waals surface area contributed by atoms with Crippen molar-refractivity contribution in [1.82, 2.24) is 15.4 Å². The van der Waals surface area contributed by atoms with E-state index < -0.39 is 10.8 Å². The molecule has 4 bridgehead atoms. The van der Waals surface area contributed by atoms with Crippen molar-refractivity contribution in [2.45, 2.75) is 44.1 Å². The maximum absolute atomic E-state index is 12.3. The Labute approximate surface area is 173 Å². The van der Waals surface area contributed by atoms with E-state index in [1.165, 1.54) is 25.6 Å². The third-order valence-electron chi connectivity index (χ3n) is 6.76. The lowest BCUT2D eigenvalue weighted by atomic mass is 9.53. The van der Waals surface area contributed by atoms with Crippen LogP contribution in [0.4, 0.5) is 17.3 Å². The van der Waals surface area contributed by atoms with E-state index in [4.69, 9.17) is 0 Å². The van der Waals surface area contributed by atoms with Gasteiger partial charge in [0.1, 0.15) is 6.33 Å². The Kier molecular flexibility index (Phi) is 4.52. The Morgan fingerprint density at radius 3 is 2.20 bits per heavy atom. The van der Waals surface area contributed by atoms with Crippen LogP contribution in [0.25, 0.3) is 0 Å². The molecule has 30 heavy (non-hydrogen) atoms. The molecule has 2 aromatic rings. The molecule has 9 nitrogen and oxygen atoms in total. The molecule has 4 aliphatic carbocycles. The van der Waals surface area contributed by atoms with Gasteiger partial charge in [-0.25, -0.2) is 9.97 Å². The van der Waals surface area contributed by atoms with E-state index in [0.29, 0.717) is 23.3 Å². The molecule has 1 aromatic carbocycles. The van der Waals surface area contributed by atoms with Crippen LogP contribution in [0.15, 0.2) is 36.7 Å². The zero-order valence-corrected chi connectivity index (χ0v) is 16.5. The number of carbonyl (C=O) groups is 1. The van der Waals surface area contributed by atoms with Crippen molar-refractivity contribution in [2.24, 2.45) is 17.8 Å². The van der Waals surface area contributed by atoms with Gasteiger partial charge in [0, 0.05) is 11.1 Å². The van der Waals surface area contributed by atoms with Gasteiger partial charge < -0.3 is 5.32 Å². The molecule has 6 rings (SSSR count). The number of hydrogen-bond donors (Lipinski definition) is 3. The van der Waals surface area contributed by atoms with Gasteiger partial charge in [0.15, 0.2) is 0 Å². The van der Waals surface area contributed by atoms with E-state index in [1.807, 2.05) is 6.07 Å². The van der Waals surface area contributed by atoms with Crippen molar-refractivity contribution < 1.29 is 9.72 Å². The molecular formula is C21H24N6O3. The van der Waals surface area contributed by atoms with Gasteiger partial charge in [-0.3, -0.25) is 25.8 Å². The summed E-state index contributed by atoms with van der Waals surface area (Å²) in [5, 5.41) is 15.3. The van der Waals surface area contributed by atoms with Gasteiger partial charge in [-0.15, -0.1) is 0 Å². The first kappa shape index (κ1) is 18.8. The standard InChI is InChI=1S/C21H24N6O3/c28-20(16-4-2-1-3-5-16)26-25-19-17(27(29)30)18(22-12-23-19)24-21-9-13-6-14(10-21)8-15(7-13)11-21/h1-5,12-15H,6-11H2,(H,26,28)(H2,22,23,24,25). The first-order chi connectivity index (χ1) is 14.5. The van der Waals surface area contributed by atoms with E-state index >= 15 is 0 Å². The monoisotopic (exact) mass is 408 g/mol. The van der Waals surface area contributed by atoms with Crippen molar-refractivity contribution in [1.29, 1.82) is 0 Å². The Morgan fingerprint density at radius 1 is 1.00 bits per heavy atom. The molecule has 4 fully saturated rings. The third kappa shape index (κ3) is 3.44. The first-order valence-corrected chi connectivity index (χ1v) is 10.4. The zero-order valence-electron chi connectivity index (χ0n) is 16.5. The average Bonchev–Trinajstić information content (AvgIpc) is 2.71.